The van der Waals surface area contributed by atoms with Crippen molar-refractivity contribution in [3.63, 3.8) is 0 Å². The number of rotatable bonds is 1. The van der Waals surface area contributed by atoms with Gasteiger partial charge in [-0.05, 0) is 51.1 Å². The molecule has 3 aromatic rings. The summed E-state index contributed by atoms with van der Waals surface area (Å²) in [7, 11) is 0. The number of nitrogens with zero attached hydrogens (tertiary/aromatic N) is 3. The largest absolute Gasteiger partial charge is 0.281 e. The van der Waals surface area contributed by atoms with Crippen molar-refractivity contribution in [1.29, 1.82) is 0 Å². The smallest absolute Gasteiger partial charge is 0.234 e. The van der Waals surface area contributed by atoms with Crippen LogP contribution in [0.1, 0.15) is 17.1 Å². The molecule has 0 fully saturated rings. The summed E-state index contributed by atoms with van der Waals surface area (Å²) >= 11 is 0. The van der Waals surface area contributed by atoms with E-state index >= 15 is 0 Å². The summed E-state index contributed by atoms with van der Waals surface area (Å²) in [6.45, 7) is 5.92. The normalized spacial score (nSPS) is 11.2. The van der Waals surface area contributed by atoms with Crippen molar-refractivity contribution < 1.29 is 4.39 Å². The van der Waals surface area contributed by atoms with Gasteiger partial charge in [-0.15, -0.1) is 0 Å². The second kappa shape index (κ2) is 4.16. The fourth-order valence-corrected chi connectivity index (χ4v) is 2.43. The van der Waals surface area contributed by atoms with E-state index in [0.717, 1.165) is 28.3 Å². The van der Waals surface area contributed by atoms with Crippen molar-refractivity contribution in [1.82, 2.24) is 14.4 Å². The van der Waals surface area contributed by atoms with Gasteiger partial charge in [0.2, 0.25) is 5.78 Å². The van der Waals surface area contributed by atoms with Crippen molar-refractivity contribution in [3.8, 4) is 11.3 Å². The van der Waals surface area contributed by atoms with Crippen LogP contribution in [0.25, 0.3) is 17.0 Å². The maximum absolute atomic E-state index is 13.0. The first-order valence-electron chi connectivity index (χ1n) is 6.15. The summed E-state index contributed by atoms with van der Waals surface area (Å²) in [4.78, 5) is 8.93. The van der Waals surface area contributed by atoms with Gasteiger partial charge in [0.05, 0.1) is 11.4 Å². The summed E-state index contributed by atoms with van der Waals surface area (Å²) in [6, 6.07) is 8.48. The molecule has 4 heteroatoms. The lowest BCUT2D eigenvalue weighted by Crippen LogP contribution is -1.98. The summed E-state index contributed by atoms with van der Waals surface area (Å²) < 4.78 is 15.0. The van der Waals surface area contributed by atoms with Gasteiger partial charge in [0.25, 0.3) is 0 Å². The molecular formula is C15H14FN3. The fraction of sp³-hybridized carbons (Fsp3) is 0.200. The van der Waals surface area contributed by atoms with Gasteiger partial charge in [-0.25, -0.2) is 14.4 Å². The van der Waals surface area contributed by atoms with Crippen LogP contribution in [0.5, 0.6) is 0 Å². The minimum absolute atomic E-state index is 0.235. The molecule has 0 atom stereocenters. The van der Waals surface area contributed by atoms with Gasteiger partial charge in [0, 0.05) is 17.0 Å². The Labute approximate surface area is 110 Å². The van der Waals surface area contributed by atoms with E-state index in [1.54, 1.807) is 12.1 Å². The summed E-state index contributed by atoms with van der Waals surface area (Å²) in [6.07, 6.45) is 0. The molecular weight excluding hydrogens is 241 g/mol. The van der Waals surface area contributed by atoms with Crippen LogP contribution in [0.3, 0.4) is 0 Å². The number of halogens is 1. The van der Waals surface area contributed by atoms with Crippen molar-refractivity contribution >= 4 is 5.78 Å². The molecule has 0 N–H and O–H groups in total. The van der Waals surface area contributed by atoms with Crippen LogP contribution in [-0.4, -0.2) is 14.4 Å². The zero-order valence-electron chi connectivity index (χ0n) is 11.1. The van der Waals surface area contributed by atoms with Crippen LogP contribution in [0, 0.1) is 26.6 Å². The first-order chi connectivity index (χ1) is 9.06. The Morgan fingerprint density at radius 1 is 1.00 bits per heavy atom. The number of benzene rings is 1. The molecule has 2 heterocycles. The van der Waals surface area contributed by atoms with Crippen molar-refractivity contribution in [3.05, 3.63) is 53.2 Å². The van der Waals surface area contributed by atoms with Gasteiger partial charge in [-0.2, -0.15) is 0 Å². The third-order valence-electron chi connectivity index (χ3n) is 3.20. The van der Waals surface area contributed by atoms with E-state index in [1.165, 1.54) is 12.1 Å². The van der Waals surface area contributed by atoms with Crippen LogP contribution in [0.15, 0.2) is 30.3 Å². The Morgan fingerprint density at radius 2 is 1.68 bits per heavy atom. The summed E-state index contributed by atoms with van der Waals surface area (Å²) in [5, 5.41) is 0. The molecule has 3 rings (SSSR count). The average molecular weight is 255 g/mol. The molecule has 0 aliphatic carbocycles. The minimum atomic E-state index is -0.235. The lowest BCUT2D eigenvalue weighted by atomic mass is 10.1. The summed E-state index contributed by atoms with van der Waals surface area (Å²) in [5.74, 6) is 0.454. The molecule has 96 valence electrons. The topological polar surface area (TPSA) is 30.2 Å². The first-order valence-corrected chi connectivity index (χ1v) is 6.15. The average Bonchev–Trinajstić information content (AvgIpc) is 2.66. The Hall–Kier alpha value is -2.23. The molecule has 0 saturated carbocycles. The minimum Gasteiger partial charge on any atom is -0.281 e. The van der Waals surface area contributed by atoms with Gasteiger partial charge in [-0.3, -0.25) is 4.40 Å². The standard InChI is InChI=1S/C15H14FN3/c1-9-8-10(2)19-14(11(3)18-15(19)17-9)12-4-6-13(16)7-5-12/h4-8H,1-3H3. The second-order valence-electron chi connectivity index (χ2n) is 4.73. The highest BCUT2D eigenvalue weighted by Crippen LogP contribution is 2.25. The second-order valence-corrected chi connectivity index (χ2v) is 4.73. The predicted octanol–water partition coefficient (Wildman–Crippen LogP) is 3.46. The van der Waals surface area contributed by atoms with E-state index in [1.807, 2.05) is 31.2 Å². The predicted molar refractivity (Wildman–Crippen MR) is 72.6 cm³/mol. The van der Waals surface area contributed by atoms with Gasteiger partial charge < -0.3 is 0 Å². The maximum atomic E-state index is 13.0. The Kier molecular flexibility index (Phi) is 2.59. The lowest BCUT2D eigenvalue weighted by Gasteiger charge is -2.07. The van der Waals surface area contributed by atoms with Gasteiger partial charge in [0.1, 0.15) is 5.82 Å². The van der Waals surface area contributed by atoms with Crippen LogP contribution in [0.4, 0.5) is 4.39 Å². The zero-order valence-corrected chi connectivity index (χ0v) is 11.1. The quantitative estimate of drug-likeness (QED) is 0.666. The molecule has 0 aliphatic heterocycles. The maximum Gasteiger partial charge on any atom is 0.234 e. The van der Waals surface area contributed by atoms with E-state index < -0.39 is 0 Å². The van der Waals surface area contributed by atoms with Crippen LogP contribution >= 0.6 is 0 Å². The van der Waals surface area contributed by atoms with Crippen molar-refractivity contribution in [2.75, 3.05) is 0 Å². The number of fused-ring (bicyclic) bond motifs is 1. The number of imidazole rings is 1. The lowest BCUT2D eigenvalue weighted by molar-refractivity contribution is 0.628. The molecule has 0 spiro atoms. The van der Waals surface area contributed by atoms with E-state index in [9.17, 15) is 4.39 Å². The molecule has 0 unspecified atom stereocenters. The molecule has 0 saturated heterocycles. The van der Waals surface area contributed by atoms with E-state index in [2.05, 4.69) is 9.97 Å². The molecule has 2 aromatic heterocycles. The fourth-order valence-electron chi connectivity index (χ4n) is 2.43. The molecule has 1 aromatic carbocycles. The molecule has 0 amide bonds. The van der Waals surface area contributed by atoms with Crippen LogP contribution < -0.4 is 0 Å². The SMILES string of the molecule is Cc1cc(C)n2c(-c3ccc(F)cc3)c(C)nc2n1. The first kappa shape index (κ1) is 11.8. The molecule has 0 bridgehead atoms. The highest BCUT2D eigenvalue weighted by atomic mass is 19.1. The third kappa shape index (κ3) is 1.89. The number of aryl methyl sites for hydroxylation is 3. The zero-order chi connectivity index (χ0) is 13.6. The Balaban J connectivity index is 2.34. The van der Waals surface area contributed by atoms with Crippen LogP contribution in [0.2, 0.25) is 0 Å². The van der Waals surface area contributed by atoms with Gasteiger partial charge in [-0.1, -0.05) is 0 Å². The van der Waals surface area contributed by atoms with E-state index in [4.69, 9.17) is 0 Å². The Bertz CT molecular complexity index is 757. The number of aromatic nitrogens is 3. The Morgan fingerprint density at radius 3 is 2.37 bits per heavy atom. The van der Waals surface area contributed by atoms with Crippen LogP contribution in [-0.2, 0) is 0 Å². The highest BCUT2D eigenvalue weighted by Gasteiger charge is 2.13. The molecule has 19 heavy (non-hydrogen) atoms. The number of hydrogen-bond acceptors (Lipinski definition) is 2. The third-order valence-corrected chi connectivity index (χ3v) is 3.20. The van der Waals surface area contributed by atoms with Gasteiger partial charge in [0.15, 0.2) is 0 Å². The molecule has 0 radical (unpaired) electrons. The molecule has 3 nitrogen and oxygen atoms in total. The van der Waals surface area contributed by atoms with Gasteiger partial charge >= 0.3 is 0 Å². The number of hydrogen-bond donors (Lipinski definition) is 0. The monoisotopic (exact) mass is 255 g/mol. The van der Waals surface area contributed by atoms with E-state index in [-0.39, 0.29) is 5.82 Å². The van der Waals surface area contributed by atoms with E-state index in [0.29, 0.717) is 5.78 Å². The summed E-state index contributed by atoms with van der Waals surface area (Å²) in [5.41, 5.74) is 4.83. The van der Waals surface area contributed by atoms with Crippen molar-refractivity contribution in [2.24, 2.45) is 0 Å². The highest BCUT2D eigenvalue weighted by molar-refractivity contribution is 5.66. The van der Waals surface area contributed by atoms with Crippen molar-refractivity contribution in [2.45, 2.75) is 20.8 Å². The molecule has 0 aliphatic rings.